The molecule has 0 atom stereocenters. The van der Waals surface area contributed by atoms with Crippen LogP contribution < -0.4 is 10.1 Å². The molecule has 0 aliphatic heterocycles. The molecular formula is C19H24N2O4S. The Balaban J connectivity index is 1.99. The van der Waals surface area contributed by atoms with Crippen LogP contribution in [-0.4, -0.2) is 39.3 Å². The first-order valence-electron chi connectivity index (χ1n) is 8.22. The molecule has 140 valence electrons. The van der Waals surface area contributed by atoms with E-state index in [1.54, 1.807) is 19.1 Å². The molecule has 2 rings (SSSR count). The summed E-state index contributed by atoms with van der Waals surface area (Å²) in [6, 6.07) is 12.4. The highest BCUT2D eigenvalue weighted by molar-refractivity contribution is 7.89. The molecule has 1 amide bonds. The number of benzene rings is 2. The monoisotopic (exact) mass is 376 g/mol. The fourth-order valence-electron chi connectivity index (χ4n) is 2.34. The molecule has 26 heavy (non-hydrogen) atoms. The number of hydrogen-bond donors (Lipinski definition) is 1. The van der Waals surface area contributed by atoms with Crippen LogP contribution >= 0.6 is 0 Å². The van der Waals surface area contributed by atoms with E-state index in [0.717, 1.165) is 9.87 Å². The molecule has 0 heterocycles. The summed E-state index contributed by atoms with van der Waals surface area (Å²) in [6.45, 7) is 3.93. The van der Waals surface area contributed by atoms with Gasteiger partial charge in [0.15, 0.2) is 0 Å². The Hall–Kier alpha value is -2.38. The summed E-state index contributed by atoms with van der Waals surface area (Å²) in [6.07, 6.45) is 0.164. The third kappa shape index (κ3) is 5.06. The molecule has 0 radical (unpaired) electrons. The molecule has 0 saturated carbocycles. The van der Waals surface area contributed by atoms with Gasteiger partial charge in [-0.3, -0.25) is 4.79 Å². The van der Waals surface area contributed by atoms with Gasteiger partial charge in [0, 0.05) is 19.8 Å². The minimum absolute atomic E-state index is 0.164. The first-order chi connectivity index (χ1) is 12.2. The number of sulfonamides is 1. The molecule has 1 N–H and O–H groups in total. The molecule has 0 saturated heterocycles. The molecule has 0 aliphatic rings. The van der Waals surface area contributed by atoms with Gasteiger partial charge < -0.3 is 10.1 Å². The lowest BCUT2D eigenvalue weighted by atomic mass is 10.2. The van der Waals surface area contributed by atoms with Crippen LogP contribution in [0.2, 0.25) is 0 Å². The largest absolute Gasteiger partial charge is 0.493 e. The van der Waals surface area contributed by atoms with Crippen molar-refractivity contribution < 1.29 is 17.9 Å². The van der Waals surface area contributed by atoms with E-state index in [0.29, 0.717) is 17.0 Å². The first kappa shape index (κ1) is 19.9. The number of rotatable bonds is 7. The van der Waals surface area contributed by atoms with Crippen LogP contribution in [0.3, 0.4) is 0 Å². The average molecular weight is 376 g/mol. The summed E-state index contributed by atoms with van der Waals surface area (Å²) in [5.41, 5.74) is 2.15. The summed E-state index contributed by atoms with van der Waals surface area (Å²) < 4.78 is 31.4. The lowest BCUT2D eigenvalue weighted by Gasteiger charge is -2.15. The normalized spacial score (nSPS) is 11.4. The SMILES string of the molecule is Cc1cccc(OCCC(=O)Nc2ccc(C)c(S(=O)(=O)N(C)C)c2)c1. The second-order valence-electron chi connectivity index (χ2n) is 6.23. The predicted octanol–water partition coefficient (Wildman–Crippen LogP) is 2.96. The highest BCUT2D eigenvalue weighted by atomic mass is 32.2. The van der Waals surface area contributed by atoms with Crippen molar-refractivity contribution in [3.8, 4) is 5.75 Å². The van der Waals surface area contributed by atoms with E-state index in [2.05, 4.69) is 5.32 Å². The van der Waals surface area contributed by atoms with Gasteiger partial charge in [-0.05, 0) is 49.2 Å². The van der Waals surface area contributed by atoms with Crippen molar-refractivity contribution >= 4 is 21.6 Å². The second-order valence-corrected chi connectivity index (χ2v) is 8.35. The van der Waals surface area contributed by atoms with E-state index in [9.17, 15) is 13.2 Å². The minimum Gasteiger partial charge on any atom is -0.493 e. The quantitative estimate of drug-likeness (QED) is 0.806. The maximum atomic E-state index is 12.3. The number of carbonyl (C=O) groups excluding carboxylic acids is 1. The van der Waals surface area contributed by atoms with E-state index < -0.39 is 10.0 Å². The van der Waals surface area contributed by atoms with Gasteiger partial charge in [-0.15, -0.1) is 0 Å². The number of aryl methyl sites for hydroxylation is 2. The van der Waals surface area contributed by atoms with Gasteiger partial charge in [0.05, 0.1) is 17.9 Å². The number of nitrogens with zero attached hydrogens (tertiary/aromatic N) is 1. The summed E-state index contributed by atoms with van der Waals surface area (Å²) in [4.78, 5) is 12.3. The van der Waals surface area contributed by atoms with Gasteiger partial charge in [-0.1, -0.05) is 18.2 Å². The molecule has 0 unspecified atom stereocenters. The summed E-state index contributed by atoms with van der Waals surface area (Å²) in [5.74, 6) is 0.474. The van der Waals surface area contributed by atoms with Crippen LogP contribution in [0.25, 0.3) is 0 Å². The summed E-state index contributed by atoms with van der Waals surface area (Å²) in [5, 5.41) is 2.72. The molecule has 0 spiro atoms. The van der Waals surface area contributed by atoms with Crippen LogP contribution in [-0.2, 0) is 14.8 Å². The molecule has 0 fully saturated rings. The lowest BCUT2D eigenvalue weighted by molar-refractivity contribution is -0.116. The Morgan fingerprint density at radius 1 is 1.12 bits per heavy atom. The predicted molar refractivity (Wildman–Crippen MR) is 102 cm³/mol. The number of hydrogen-bond acceptors (Lipinski definition) is 4. The molecule has 0 bridgehead atoms. The summed E-state index contributed by atoms with van der Waals surface area (Å²) in [7, 11) is -0.616. The first-order valence-corrected chi connectivity index (χ1v) is 9.66. The minimum atomic E-state index is -3.57. The van der Waals surface area contributed by atoms with E-state index in [-0.39, 0.29) is 23.8 Å². The van der Waals surface area contributed by atoms with Crippen LogP contribution in [0.4, 0.5) is 5.69 Å². The van der Waals surface area contributed by atoms with Gasteiger partial charge in [0.2, 0.25) is 15.9 Å². The molecule has 7 heteroatoms. The Morgan fingerprint density at radius 3 is 2.50 bits per heavy atom. The Kier molecular flexibility index (Phi) is 6.39. The standard InChI is InChI=1S/C19H24N2O4S/c1-14-6-5-7-17(12-14)25-11-10-19(22)20-16-9-8-15(2)18(13-16)26(23,24)21(3)4/h5-9,12-13H,10-11H2,1-4H3,(H,20,22). The molecule has 0 aromatic heterocycles. The fraction of sp³-hybridized carbons (Fsp3) is 0.316. The lowest BCUT2D eigenvalue weighted by Crippen LogP contribution is -2.23. The van der Waals surface area contributed by atoms with Crippen molar-refractivity contribution in [1.29, 1.82) is 0 Å². The Morgan fingerprint density at radius 2 is 1.85 bits per heavy atom. The van der Waals surface area contributed by atoms with Crippen molar-refractivity contribution in [2.75, 3.05) is 26.0 Å². The molecule has 2 aromatic carbocycles. The van der Waals surface area contributed by atoms with E-state index >= 15 is 0 Å². The second kappa shape index (κ2) is 8.33. The summed E-state index contributed by atoms with van der Waals surface area (Å²) >= 11 is 0. The average Bonchev–Trinajstić information content (AvgIpc) is 2.56. The highest BCUT2D eigenvalue weighted by Crippen LogP contribution is 2.22. The maximum absolute atomic E-state index is 12.3. The van der Waals surface area contributed by atoms with Crippen molar-refractivity contribution in [3.63, 3.8) is 0 Å². The highest BCUT2D eigenvalue weighted by Gasteiger charge is 2.20. The van der Waals surface area contributed by atoms with E-state index in [1.165, 1.54) is 20.2 Å². The van der Waals surface area contributed by atoms with Crippen molar-refractivity contribution in [2.24, 2.45) is 0 Å². The van der Waals surface area contributed by atoms with Crippen LogP contribution in [0.1, 0.15) is 17.5 Å². The zero-order chi connectivity index (χ0) is 19.3. The smallest absolute Gasteiger partial charge is 0.242 e. The molecule has 2 aromatic rings. The van der Waals surface area contributed by atoms with Crippen molar-refractivity contribution in [3.05, 3.63) is 53.6 Å². The molecule has 6 nitrogen and oxygen atoms in total. The maximum Gasteiger partial charge on any atom is 0.242 e. The third-order valence-electron chi connectivity index (χ3n) is 3.82. The molecular weight excluding hydrogens is 352 g/mol. The topological polar surface area (TPSA) is 75.7 Å². The van der Waals surface area contributed by atoms with Gasteiger partial charge in [-0.2, -0.15) is 0 Å². The zero-order valence-corrected chi connectivity index (χ0v) is 16.3. The number of amides is 1. The van der Waals surface area contributed by atoms with Gasteiger partial charge in [0.1, 0.15) is 5.75 Å². The van der Waals surface area contributed by atoms with Gasteiger partial charge in [-0.25, -0.2) is 12.7 Å². The van der Waals surface area contributed by atoms with Gasteiger partial charge >= 0.3 is 0 Å². The third-order valence-corrected chi connectivity index (χ3v) is 5.77. The number of ether oxygens (including phenoxy) is 1. The van der Waals surface area contributed by atoms with Crippen LogP contribution in [0, 0.1) is 13.8 Å². The zero-order valence-electron chi connectivity index (χ0n) is 15.4. The Labute approximate surface area is 154 Å². The van der Waals surface area contributed by atoms with Crippen molar-refractivity contribution in [2.45, 2.75) is 25.2 Å². The van der Waals surface area contributed by atoms with Crippen LogP contribution in [0.15, 0.2) is 47.4 Å². The van der Waals surface area contributed by atoms with Crippen LogP contribution in [0.5, 0.6) is 5.75 Å². The van der Waals surface area contributed by atoms with E-state index in [4.69, 9.17) is 4.74 Å². The van der Waals surface area contributed by atoms with Crippen molar-refractivity contribution in [1.82, 2.24) is 4.31 Å². The fourth-order valence-corrected chi connectivity index (χ4v) is 3.49. The number of anilines is 1. The van der Waals surface area contributed by atoms with E-state index in [1.807, 2.05) is 31.2 Å². The van der Waals surface area contributed by atoms with Gasteiger partial charge in [0.25, 0.3) is 0 Å². The number of carbonyl (C=O) groups is 1. The molecule has 0 aliphatic carbocycles. The number of nitrogens with one attached hydrogen (secondary N) is 1. The Bertz CT molecular complexity index is 892.